The third-order valence-electron chi connectivity index (χ3n) is 3.35. The number of ether oxygens (including phenoxy) is 1. The Morgan fingerprint density at radius 2 is 1.83 bits per heavy atom. The summed E-state index contributed by atoms with van der Waals surface area (Å²) in [6.07, 6.45) is 0. The number of methoxy groups -OCH3 is 1. The summed E-state index contributed by atoms with van der Waals surface area (Å²) in [5.41, 5.74) is 2.02. The minimum absolute atomic E-state index is 0.000358. The molecule has 0 N–H and O–H groups in total. The minimum Gasteiger partial charge on any atom is -0.494 e. The van der Waals surface area contributed by atoms with Crippen LogP contribution in [0.4, 0.5) is 5.69 Å². The van der Waals surface area contributed by atoms with Crippen LogP contribution < -0.4 is 4.74 Å². The number of halogens is 2. The summed E-state index contributed by atoms with van der Waals surface area (Å²) in [7, 11) is 1.58. The summed E-state index contributed by atoms with van der Waals surface area (Å²) in [6, 6.07) is 11.7. The van der Waals surface area contributed by atoms with Gasteiger partial charge in [-0.15, -0.1) is 0 Å². The standard InChI is InChI=1S/C16H10Br2N2O4/c1-23-16-12(17)6-10(7-13(16)18)14-8-15(24-19-14)9-3-2-4-11(5-9)20(21)22/h2-8H,1H3. The van der Waals surface area contributed by atoms with Crippen molar-refractivity contribution in [1.82, 2.24) is 5.16 Å². The smallest absolute Gasteiger partial charge is 0.270 e. The van der Waals surface area contributed by atoms with Gasteiger partial charge in [0, 0.05) is 29.3 Å². The highest BCUT2D eigenvalue weighted by Gasteiger charge is 2.15. The van der Waals surface area contributed by atoms with Crippen molar-refractivity contribution in [2.24, 2.45) is 0 Å². The minimum atomic E-state index is -0.446. The maximum atomic E-state index is 10.9. The van der Waals surface area contributed by atoms with Gasteiger partial charge in [-0.2, -0.15) is 0 Å². The zero-order valence-corrected chi connectivity index (χ0v) is 15.5. The molecule has 0 saturated heterocycles. The van der Waals surface area contributed by atoms with Crippen LogP contribution in [0.5, 0.6) is 5.75 Å². The van der Waals surface area contributed by atoms with Crippen molar-refractivity contribution >= 4 is 37.5 Å². The fraction of sp³-hybridized carbons (Fsp3) is 0.0625. The van der Waals surface area contributed by atoms with Crippen molar-refractivity contribution < 1.29 is 14.2 Å². The second kappa shape index (κ2) is 6.74. The summed E-state index contributed by atoms with van der Waals surface area (Å²) in [5, 5.41) is 14.9. The van der Waals surface area contributed by atoms with Crippen LogP contribution in [0.2, 0.25) is 0 Å². The molecule has 0 aliphatic rings. The van der Waals surface area contributed by atoms with E-state index in [1.807, 2.05) is 12.1 Å². The quantitative estimate of drug-likeness (QED) is 0.387. The van der Waals surface area contributed by atoms with Crippen molar-refractivity contribution in [1.29, 1.82) is 0 Å². The Kier molecular flexibility index (Phi) is 4.68. The number of nitro groups is 1. The first-order valence-corrected chi connectivity index (χ1v) is 8.33. The van der Waals surface area contributed by atoms with Crippen LogP contribution in [0, 0.1) is 10.1 Å². The van der Waals surface area contributed by atoms with Gasteiger partial charge in [0.2, 0.25) is 0 Å². The Bertz CT molecular complexity index is 901. The summed E-state index contributed by atoms with van der Waals surface area (Å²) in [4.78, 5) is 10.4. The molecule has 122 valence electrons. The van der Waals surface area contributed by atoms with Gasteiger partial charge in [-0.05, 0) is 44.0 Å². The first-order valence-electron chi connectivity index (χ1n) is 6.74. The molecule has 6 nitrogen and oxygen atoms in total. The summed E-state index contributed by atoms with van der Waals surface area (Å²) < 4.78 is 12.2. The highest BCUT2D eigenvalue weighted by molar-refractivity contribution is 9.11. The highest BCUT2D eigenvalue weighted by atomic mass is 79.9. The molecule has 1 aromatic heterocycles. The zero-order valence-electron chi connectivity index (χ0n) is 12.3. The molecule has 0 saturated carbocycles. The number of hydrogen-bond acceptors (Lipinski definition) is 5. The van der Waals surface area contributed by atoms with Gasteiger partial charge < -0.3 is 9.26 Å². The molecule has 0 amide bonds. The molecule has 0 fully saturated rings. The molecule has 0 atom stereocenters. The van der Waals surface area contributed by atoms with Crippen LogP contribution in [0.25, 0.3) is 22.6 Å². The monoisotopic (exact) mass is 452 g/mol. The molecule has 8 heteroatoms. The van der Waals surface area contributed by atoms with E-state index >= 15 is 0 Å². The Labute approximate surface area is 153 Å². The van der Waals surface area contributed by atoms with Crippen molar-refractivity contribution in [2.45, 2.75) is 0 Å². The van der Waals surface area contributed by atoms with Gasteiger partial charge >= 0.3 is 0 Å². The number of rotatable bonds is 4. The second-order valence-corrected chi connectivity index (χ2v) is 6.57. The molecule has 0 spiro atoms. The number of non-ortho nitro benzene ring substituents is 1. The van der Waals surface area contributed by atoms with Crippen LogP contribution >= 0.6 is 31.9 Å². The van der Waals surface area contributed by atoms with Crippen molar-refractivity contribution in [3.05, 3.63) is 61.5 Å². The average Bonchev–Trinajstić information content (AvgIpc) is 3.04. The average molecular weight is 454 g/mol. The lowest BCUT2D eigenvalue weighted by molar-refractivity contribution is -0.384. The molecular formula is C16H10Br2N2O4. The summed E-state index contributed by atoms with van der Waals surface area (Å²) in [6.45, 7) is 0. The van der Waals surface area contributed by atoms with Gasteiger partial charge in [0.1, 0.15) is 11.4 Å². The molecule has 3 aromatic rings. The van der Waals surface area contributed by atoms with Crippen molar-refractivity contribution in [3.63, 3.8) is 0 Å². The van der Waals surface area contributed by atoms with Gasteiger partial charge in [0.15, 0.2) is 5.76 Å². The van der Waals surface area contributed by atoms with E-state index in [2.05, 4.69) is 37.0 Å². The third kappa shape index (κ3) is 3.20. The molecule has 24 heavy (non-hydrogen) atoms. The SMILES string of the molecule is COc1c(Br)cc(-c2cc(-c3cccc([N+](=O)[O-])c3)on2)cc1Br. The van der Waals surface area contributed by atoms with Crippen LogP contribution in [0.3, 0.4) is 0 Å². The van der Waals surface area contributed by atoms with Crippen molar-refractivity contribution in [3.8, 4) is 28.3 Å². The van der Waals surface area contributed by atoms with Crippen LogP contribution in [0.15, 0.2) is 55.9 Å². The Morgan fingerprint density at radius 3 is 2.46 bits per heavy atom. The molecule has 0 aliphatic carbocycles. The topological polar surface area (TPSA) is 78.4 Å². The second-order valence-electron chi connectivity index (χ2n) is 4.86. The van der Waals surface area contributed by atoms with Gasteiger partial charge in [-0.25, -0.2) is 0 Å². The van der Waals surface area contributed by atoms with Crippen LogP contribution in [-0.2, 0) is 0 Å². The summed E-state index contributed by atoms with van der Waals surface area (Å²) >= 11 is 6.89. The van der Waals surface area contributed by atoms with Gasteiger partial charge in [-0.1, -0.05) is 17.3 Å². The number of benzene rings is 2. The highest BCUT2D eigenvalue weighted by Crippen LogP contribution is 2.38. The van der Waals surface area contributed by atoms with E-state index in [0.29, 0.717) is 22.8 Å². The van der Waals surface area contributed by atoms with Gasteiger partial charge in [0.05, 0.1) is 21.0 Å². The molecule has 1 heterocycles. The molecular weight excluding hydrogens is 444 g/mol. The fourth-order valence-electron chi connectivity index (χ4n) is 2.22. The number of hydrogen-bond donors (Lipinski definition) is 0. The first-order chi connectivity index (χ1) is 11.5. The molecule has 0 bridgehead atoms. The third-order valence-corrected chi connectivity index (χ3v) is 4.53. The lowest BCUT2D eigenvalue weighted by Crippen LogP contribution is -1.88. The van der Waals surface area contributed by atoms with E-state index in [1.54, 1.807) is 25.3 Å². The van der Waals surface area contributed by atoms with Crippen molar-refractivity contribution in [2.75, 3.05) is 7.11 Å². The normalized spacial score (nSPS) is 10.6. The summed E-state index contributed by atoms with van der Waals surface area (Å²) in [5.74, 6) is 1.14. The largest absolute Gasteiger partial charge is 0.494 e. The maximum absolute atomic E-state index is 10.9. The van der Waals surface area contributed by atoms with Gasteiger partial charge in [-0.3, -0.25) is 10.1 Å². The van der Waals surface area contributed by atoms with Gasteiger partial charge in [0.25, 0.3) is 5.69 Å². The predicted octanol–water partition coefficient (Wildman–Crippen LogP) is 5.45. The fourth-order valence-corrected chi connectivity index (χ4v) is 3.73. The number of nitro benzene ring substituents is 1. The molecule has 0 unspecified atom stereocenters. The number of aromatic nitrogens is 1. The van der Waals surface area contributed by atoms with E-state index in [9.17, 15) is 10.1 Å². The predicted molar refractivity (Wildman–Crippen MR) is 96.0 cm³/mol. The van der Waals surface area contributed by atoms with E-state index in [1.165, 1.54) is 12.1 Å². The van der Waals surface area contributed by atoms with Crippen LogP contribution in [0.1, 0.15) is 0 Å². The lowest BCUT2D eigenvalue weighted by Gasteiger charge is -2.07. The van der Waals surface area contributed by atoms with E-state index in [4.69, 9.17) is 9.26 Å². The first kappa shape index (κ1) is 16.7. The maximum Gasteiger partial charge on any atom is 0.270 e. The van der Waals surface area contributed by atoms with Crippen LogP contribution in [-0.4, -0.2) is 17.2 Å². The van der Waals surface area contributed by atoms with E-state index in [-0.39, 0.29) is 5.69 Å². The van der Waals surface area contributed by atoms with E-state index in [0.717, 1.165) is 14.5 Å². The Balaban J connectivity index is 2.00. The molecule has 3 rings (SSSR count). The Hall–Kier alpha value is -2.19. The molecule has 0 aliphatic heterocycles. The molecule has 0 radical (unpaired) electrons. The number of nitrogens with zero attached hydrogens (tertiary/aromatic N) is 2. The lowest BCUT2D eigenvalue weighted by atomic mass is 10.1. The Morgan fingerprint density at radius 1 is 1.12 bits per heavy atom. The molecule has 2 aromatic carbocycles. The zero-order chi connectivity index (χ0) is 17.3. The van der Waals surface area contributed by atoms with E-state index < -0.39 is 4.92 Å².